The van der Waals surface area contributed by atoms with Crippen LogP contribution in [-0.4, -0.2) is 44.6 Å². The van der Waals surface area contributed by atoms with E-state index >= 15 is 8.78 Å². The van der Waals surface area contributed by atoms with Crippen LogP contribution in [0.4, 0.5) is 18.9 Å². The molecule has 6 aromatic rings. The summed E-state index contributed by atoms with van der Waals surface area (Å²) in [5, 5.41) is 2.79. The number of fused-ring (bicyclic) bond motifs is 2. The van der Waals surface area contributed by atoms with Crippen LogP contribution in [0.25, 0.3) is 56.1 Å². The topological polar surface area (TPSA) is 119 Å². The molecule has 9 nitrogen and oxygen atoms in total. The van der Waals surface area contributed by atoms with Gasteiger partial charge in [-0.25, -0.2) is 31.6 Å². The molecule has 3 aromatic heterocycles. The molecule has 0 aliphatic carbocycles. The predicted molar refractivity (Wildman–Crippen MR) is 154 cm³/mol. The van der Waals surface area contributed by atoms with Gasteiger partial charge in [0.15, 0.2) is 11.6 Å². The number of aromatic nitrogens is 2. The monoisotopic (exact) mass is 606 g/mol. The summed E-state index contributed by atoms with van der Waals surface area (Å²) in [6.07, 6.45) is 2.44. The lowest BCUT2D eigenvalue weighted by atomic mass is 9.97. The molecule has 0 atom stereocenters. The van der Waals surface area contributed by atoms with Gasteiger partial charge in [-0.2, -0.15) is 0 Å². The van der Waals surface area contributed by atoms with Crippen LogP contribution < -0.4 is 9.62 Å². The standard InChI is InChI=1S/C30H21F3N4O5S/c1-34-28(38)25-19-13-18(16-11-20(26(33)21(32)12-16)29-36-22-5-4-10-35-30(22)42-29)23(37(2)43(3,39)40)14-24(19)41-27(25)15-6-8-17(31)9-7-15/h4-14H,1-3H3,(H,34,38). The Balaban J connectivity index is 1.65. The van der Waals surface area contributed by atoms with Crippen molar-refractivity contribution in [1.82, 2.24) is 15.3 Å². The van der Waals surface area contributed by atoms with E-state index in [9.17, 15) is 17.6 Å². The molecule has 13 heteroatoms. The van der Waals surface area contributed by atoms with Gasteiger partial charge in [0.25, 0.3) is 5.91 Å². The van der Waals surface area contributed by atoms with Crippen LogP contribution in [0.2, 0.25) is 0 Å². The van der Waals surface area contributed by atoms with E-state index in [1.165, 1.54) is 62.8 Å². The summed E-state index contributed by atoms with van der Waals surface area (Å²) in [6, 6.07) is 13.5. The number of carbonyl (C=O) groups is 1. The highest BCUT2D eigenvalue weighted by Crippen LogP contribution is 2.42. The molecule has 1 amide bonds. The Morgan fingerprint density at radius 1 is 0.953 bits per heavy atom. The average Bonchev–Trinajstić information content (AvgIpc) is 3.58. The highest BCUT2D eigenvalue weighted by molar-refractivity contribution is 7.92. The fourth-order valence-electron chi connectivity index (χ4n) is 4.74. The minimum Gasteiger partial charge on any atom is -0.455 e. The van der Waals surface area contributed by atoms with Gasteiger partial charge in [-0.1, -0.05) is 0 Å². The van der Waals surface area contributed by atoms with Crippen LogP contribution in [0.15, 0.2) is 75.7 Å². The van der Waals surface area contributed by atoms with E-state index in [4.69, 9.17) is 8.83 Å². The number of nitrogens with zero attached hydrogens (tertiary/aromatic N) is 3. The van der Waals surface area contributed by atoms with E-state index in [2.05, 4.69) is 15.3 Å². The Morgan fingerprint density at radius 2 is 1.70 bits per heavy atom. The molecular weight excluding hydrogens is 585 g/mol. The second-order valence-electron chi connectivity index (χ2n) is 9.65. The van der Waals surface area contributed by atoms with Crippen molar-refractivity contribution in [2.45, 2.75) is 0 Å². The predicted octanol–water partition coefficient (Wildman–Crippen LogP) is 6.14. The molecule has 218 valence electrons. The molecule has 0 bridgehead atoms. The first-order valence-corrected chi connectivity index (χ1v) is 14.5. The zero-order chi connectivity index (χ0) is 30.6. The van der Waals surface area contributed by atoms with Crippen LogP contribution in [0.3, 0.4) is 0 Å². The maximum Gasteiger partial charge on any atom is 0.255 e. The number of amides is 1. The Kier molecular flexibility index (Phi) is 6.69. The molecule has 3 heterocycles. The minimum absolute atomic E-state index is 0.0500. The van der Waals surface area contributed by atoms with Crippen molar-refractivity contribution in [3.05, 3.63) is 89.9 Å². The molecule has 0 unspecified atom stereocenters. The van der Waals surface area contributed by atoms with Crippen molar-refractivity contribution >= 4 is 43.8 Å². The van der Waals surface area contributed by atoms with E-state index in [1.807, 2.05) is 0 Å². The van der Waals surface area contributed by atoms with Crippen LogP contribution in [-0.2, 0) is 10.0 Å². The van der Waals surface area contributed by atoms with Crippen LogP contribution in [0.1, 0.15) is 10.4 Å². The van der Waals surface area contributed by atoms with Crippen molar-refractivity contribution in [2.75, 3.05) is 24.7 Å². The SMILES string of the molecule is CNC(=O)c1c(-c2ccc(F)cc2)oc2cc(N(C)S(C)(=O)=O)c(-c3cc(F)c(F)c(-c4nc5cccnc5o4)c3)cc12. The number of halogens is 3. The zero-order valence-electron chi connectivity index (χ0n) is 22.8. The molecule has 3 aromatic carbocycles. The summed E-state index contributed by atoms with van der Waals surface area (Å²) in [5.41, 5.74) is 0.936. The fraction of sp³-hybridized carbons (Fsp3) is 0.100. The number of sulfonamides is 1. The lowest BCUT2D eigenvalue weighted by Gasteiger charge is -2.21. The van der Waals surface area contributed by atoms with Gasteiger partial charge in [-0.15, -0.1) is 0 Å². The molecule has 0 aliphatic heterocycles. The third-order valence-electron chi connectivity index (χ3n) is 6.94. The van der Waals surface area contributed by atoms with Crippen LogP contribution in [0.5, 0.6) is 0 Å². The molecule has 0 fully saturated rings. The molecule has 43 heavy (non-hydrogen) atoms. The number of oxazole rings is 1. The quantitative estimate of drug-likeness (QED) is 0.242. The number of nitrogens with one attached hydrogen (secondary N) is 1. The Bertz CT molecular complexity index is 2140. The molecule has 1 N–H and O–H groups in total. The third-order valence-corrected chi connectivity index (χ3v) is 8.13. The van der Waals surface area contributed by atoms with Gasteiger partial charge in [0, 0.05) is 42.9 Å². The van der Waals surface area contributed by atoms with E-state index in [0.717, 1.165) is 16.6 Å². The van der Waals surface area contributed by atoms with Gasteiger partial charge in [-0.05, 0) is 60.2 Å². The lowest BCUT2D eigenvalue weighted by Crippen LogP contribution is -2.25. The molecule has 0 spiro atoms. The molecule has 0 aliphatic rings. The highest BCUT2D eigenvalue weighted by Gasteiger charge is 2.27. The van der Waals surface area contributed by atoms with Gasteiger partial charge in [0.2, 0.25) is 21.6 Å². The number of anilines is 1. The Hall–Kier alpha value is -5.17. The lowest BCUT2D eigenvalue weighted by molar-refractivity contribution is 0.0964. The average molecular weight is 607 g/mol. The van der Waals surface area contributed by atoms with Crippen molar-refractivity contribution in [1.29, 1.82) is 0 Å². The van der Waals surface area contributed by atoms with Crippen LogP contribution >= 0.6 is 0 Å². The molecule has 0 radical (unpaired) electrons. The van der Waals surface area contributed by atoms with Gasteiger partial charge < -0.3 is 14.2 Å². The highest BCUT2D eigenvalue weighted by atomic mass is 32.2. The first-order chi connectivity index (χ1) is 20.5. The number of rotatable bonds is 6. The second-order valence-corrected chi connectivity index (χ2v) is 11.7. The first kappa shape index (κ1) is 28.0. The van der Waals surface area contributed by atoms with Gasteiger partial charge in [-0.3, -0.25) is 9.10 Å². The Labute approximate surface area is 242 Å². The van der Waals surface area contributed by atoms with Gasteiger partial charge >= 0.3 is 0 Å². The van der Waals surface area contributed by atoms with Gasteiger partial charge in [0.1, 0.15) is 22.7 Å². The number of carbonyl (C=O) groups excluding carboxylic acids is 1. The van der Waals surface area contributed by atoms with E-state index in [0.29, 0.717) is 11.1 Å². The third kappa shape index (κ3) is 4.87. The molecule has 6 rings (SSSR count). The summed E-state index contributed by atoms with van der Waals surface area (Å²) in [5.74, 6) is -3.66. The summed E-state index contributed by atoms with van der Waals surface area (Å²) >= 11 is 0. The number of hydrogen-bond donors (Lipinski definition) is 1. The zero-order valence-corrected chi connectivity index (χ0v) is 23.6. The molecule has 0 saturated carbocycles. The minimum atomic E-state index is -3.87. The van der Waals surface area contributed by atoms with Crippen molar-refractivity contribution in [3.8, 4) is 33.9 Å². The molecular formula is C30H21F3N4O5S. The normalized spacial score (nSPS) is 11.8. The van der Waals surface area contributed by atoms with Crippen molar-refractivity contribution in [3.63, 3.8) is 0 Å². The number of benzene rings is 3. The summed E-state index contributed by atoms with van der Waals surface area (Å²) < 4.78 is 81.9. The van der Waals surface area contributed by atoms with Crippen molar-refractivity contribution in [2.24, 2.45) is 0 Å². The summed E-state index contributed by atoms with van der Waals surface area (Å²) in [6.45, 7) is 0. The Morgan fingerprint density at radius 3 is 2.37 bits per heavy atom. The van der Waals surface area contributed by atoms with Crippen LogP contribution in [0, 0.1) is 17.5 Å². The largest absolute Gasteiger partial charge is 0.455 e. The first-order valence-electron chi connectivity index (χ1n) is 12.7. The van der Waals surface area contributed by atoms with Crippen molar-refractivity contribution < 1.29 is 35.2 Å². The molecule has 0 saturated heterocycles. The fourth-order valence-corrected chi connectivity index (χ4v) is 5.25. The number of furan rings is 1. The number of hydrogen-bond acceptors (Lipinski definition) is 7. The summed E-state index contributed by atoms with van der Waals surface area (Å²) in [4.78, 5) is 21.4. The summed E-state index contributed by atoms with van der Waals surface area (Å²) in [7, 11) is -1.17. The maximum atomic E-state index is 15.2. The van der Waals surface area contributed by atoms with Gasteiger partial charge in [0.05, 0.1) is 23.1 Å². The van der Waals surface area contributed by atoms with E-state index < -0.39 is 33.4 Å². The second kappa shape index (κ2) is 10.3. The maximum absolute atomic E-state index is 15.2. The van der Waals surface area contributed by atoms with E-state index in [1.54, 1.807) is 12.1 Å². The smallest absolute Gasteiger partial charge is 0.255 e. The van der Waals surface area contributed by atoms with E-state index in [-0.39, 0.29) is 56.3 Å². The number of pyridine rings is 1.